The van der Waals surface area contributed by atoms with E-state index in [0.29, 0.717) is 21.9 Å². The maximum atomic E-state index is 13.3. The van der Waals surface area contributed by atoms with Gasteiger partial charge in [-0.25, -0.2) is 9.67 Å². The average molecular weight is 497 g/mol. The van der Waals surface area contributed by atoms with E-state index in [1.54, 1.807) is 4.68 Å². The van der Waals surface area contributed by atoms with E-state index in [1.807, 2.05) is 31.2 Å². The van der Waals surface area contributed by atoms with E-state index in [0.717, 1.165) is 11.3 Å². The largest absolute Gasteiger partial charge is 0.326 e. The number of hydrogen-bond acceptors (Lipinski definition) is 7. The molecule has 4 aromatic rings. The lowest BCUT2D eigenvalue weighted by Gasteiger charge is -2.13. The number of benzene rings is 2. The lowest BCUT2D eigenvalue weighted by molar-refractivity contribution is -0.384. The minimum Gasteiger partial charge on any atom is -0.326 e. The molecule has 10 nitrogen and oxygen atoms in total. The maximum absolute atomic E-state index is 13.3. The molecule has 172 valence electrons. The normalized spacial score (nSPS) is 14.8. The Kier molecular flexibility index (Phi) is 5.58. The van der Waals surface area contributed by atoms with Gasteiger partial charge >= 0.3 is 0 Å². The Morgan fingerprint density at radius 2 is 2.06 bits per heavy atom. The van der Waals surface area contributed by atoms with E-state index < -0.39 is 11.0 Å². The number of nitro benzene ring substituents is 1. The Labute approximate surface area is 201 Å². The first-order valence-electron chi connectivity index (χ1n) is 10.3. The number of carbonyl (C=O) groups is 1. The van der Waals surface area contributed by atoms with Gasteiger partial charge in [0.15, 0.2) is 10.8 Å². The standard InChI is InChI=1S/C22H17ClN6O4S/c1-12-2-5-14(6-3-12)28-20-16(10-24-28)21(31)27-15(11-34-22(27)26-20)9-19(30)25-13-4-7-17(23)18(8-13)29(32)33/h2-8,10,15H,9,11H2,1H3,(H,25,30). The predicted molar refractivity (Wildman–Crippen MR) is 129 cm³/mol. The quantitative estimate of drug-likeness (QED) is 0.250. The number of halogens is 1. The van der Waals surface area contributed by atoms with Crippen LogP contribution in [0.15, 0.2) is 58.6 Å². The van der Waals surface area contributed by atoms with Crippen molar-refractivity contribution >= 4 is 51.7 Å². The second-order valence-corrected chi connectivity index (χ2v) is 9.23. The fraction of sp³-hybridized carbons (Fsp3) is 0.182. The summed E-state index contributed by atoms with van der Waals surface area (Å²) in [5.41, 5.74) is 2.07. The summed E-state index contributed by atoms with van der Waals surface area (Å²) in [6.07, 6.45) is 1.50. The van der Waals surface area contributed by atoms with Gasteiger partial charge in [0.25, 0.3) is 11.2 Å². The third-order valence-electron chi connectivity index (χ3n) is 5.50. The van der Waals surface area contributed by atoms with Crippen molar-refractivity contribution in [3.05, 3.63) is 79.7 Å². The maximum Gasteiger partial charge on any atom is 0.289 e. The van der Waals surface area contributed by atoms with Crippen molar-refractivity contribution in [2.24, 2.45) is 0 Å². The summed E-state index contributed by atoms with van der Waals surface area (Å²) in [6.45, 7) is 1.99. The van der Waals surface area contributed by atoms with Gasteiger partial charge in [-0.2, -0.15) is 5.10 Å². The van der Waals surface area contributed by atoms with Crippen molar-refractivity contribution < 1.29 is 9.72 Å². The van der Waals surface area contributed by atoms with Gasteiger partial charge in [0.05, 0.1) is 22.8 Å². The highest BCUT2D eigenvalue weighted by molar-refractivity contribution is 7.99. The van der Waals surface area contributed by atoms with Crippen LogP contribution in [0, 0.1) is 17.0 Å². The predicted octanol–water partition coefficient (Wildman–Crippen LogP) is 4.13. The van der Waals surface area contributed by atoms with Crippen LogP contribution < -0.4 is 10.9 Å². The molecule has 0 saturated carbocycles. The van der Waals surface area contributed by atoms with Crippen molar-refractivity contribution in [3.63, 3.8) is 0 Å². The van der Waals surface area contributed by atoms with E-state index in [4.69, 9.17) is 11.6 Å². The molecule has 0 spiro atoms. The van der Waals surface area contributed by atoms with Gasteiger partial charge in [-0.05, 0) is 31.2 Å². The number of aromatic nitrogens is 4. The molecule has 34 heavy (non-hydrogen) atoms. The van der Waals surface area contributed by atoms with Crippen LogP contribution in [-0.4, -0.2) is 35.9 Å². The lowest BCUT2D eigenvalue weighted by atomic mass is 10.2. The zero-order valence-corrected chi connectivity index (χ0v) is 19.3. The number of nitrogens with zero attached hydrogens (tertiary/aromatic N) is 5. The van der Waals surface area contributed by atoms with Crippen LogP contribution in [0.2, 0.25) is 5.02 Å². The minimum absolute atomic E-state index is 0.00954. The SMILES string of the molecule is Cc1ccc(-n2ncc3c(=O)n4c(nc32)SCC4CC(=O)Nc2ccc(Cl)c([N+](=O)[O-])c2)cc1. The summed E-state index contributed by atoms with van der Waals surface area (Å²) >= 11 is 7.22. The molecule has 0 aliphatic carbocycles. The number of fused-ring (bicyclic) bond motifs is 2. The number of rotatable bonds is 5. The molecule has 1 amide bonds. The Bertz CT molecular complexity index is 1510. The Hall–Kier alpha value is -3.70. The Balaban J connectivity index is 1.41. The van der Waals surface area contributed by atoms with Gasteiger partial charge in [-0.3, -0.25) is 24.3 Å². The molecule has 0 bridgehead atoms. The van der Waals surface area contributed by atoms with Crippen molar-refractivity contribution in [1.29, 1.82) is 0 Å². The molecule has 0 radical (unpaired) electrons. The molecule has 2 aromatic heterocycles. The van der Waals surface area contributed by atoms with E-state index in [9.17, 15) is 19.7 Å². The molecule has 5 rings (SSSR count). The summed E-state index contributed by atoms with van der Waals surface area (Å²) in [7, 11) is 0. The molecular formula is C22H17ClN6O4S. The molecule has 1 N–H and O–H groups in total. The fourth-order valence-corrected chi connectivity index (χ4v) is 5.13. The zero-order valence-electron chi connectivity index (χ0n) is 17.8. The first-order valence-corrected chi connectivity index (χ1v) is 11.6. The zero-order chi connectivity index (χ0) is 24.0. The molecule has 3 heterocycles. The Morgan fingerprint density at radius 3 is 2.79 bits per heavy atom. The van der Waals surface area contributed by atoms with Crippen molar-refractivity contribution in [2.75, 3.05) is 11.1 Å². The van der Waals surface area contributed by atoms with Crippen LogP contribution in [0.3, 0.4) is 0 Å². The number of hydrogen-bond donors (Lipinski definition) is 1. The topological polar surface area (TPSA) is 125 Å². The van der Waals surface area contributed by atoms with Crippen LogP contribution in [0.5, 0.6) is 0 Å². The number of nitro groups is 1. The molecule has 0 saturated heterocycles. The second-order valence-electron chi connectivity index (χ2n) is 7.84. The highest BCUT2D eigenvalue weighted by Gasteiger charge is 2.30. The minimum atomic E-state index is -0.616. The number of carbonyl (C=O) groups excluding carboxylic acids is 1. The summed E-state index contributed by atoms with van der Waals surface area (Å²) in [5, 5.41) is 19.0. The number of anilines is 1. The van der Waals surface area contributed by atoms with Crippen LogP contribution >= 0.6 is 23.4 Å². The van der Waals surface area contributed by atoms with Crippen LogP contribution in [0.1, 0.15) is 18.0 Å². The fourth-order valence-electron chi connectivity index (χ4n) is 3.81. The van der Waals surface area contributed by atoms with Gasteiger partial charge in [-0.1, -0.05) is 41.1 Å². The molecule has 1 unspecified atom stereocenters. The second kappa shape index (κ2) is 8.58. The number of aryl methyl sites for hydroxylation is 1. The van der Waals surface area contributed by atoms with E-state index in [2.05, 4.69) is 15.4 Å². The summed E-state index contributed by atoms with van der Waals surface area (Å²) < 4.78 is 3.16. The van der Waals surface area contributed by atoms with Crippen LogP contribution in [0.25, 0.3) is 16.7 Å². The van der Waals surface area contributed by atoms with Crippen molar-refractivity contribution in [1.82, 2.24) is 19.3 Å². The molecule has 12 heteroatoms. The monoisotopic (exact) mass is 496 g/mol. The number of amides is 1. The molecule has 2 aromatic carbocycles. The molecule has 1 atom stereocenters. The first-order chi connectivity index (χ1) is 16.3. The molecular weight excluding hydrogens is 480 g/mol. The highest BCUT2D eigenvalue weighted by atomic mass is 35.5. The van der Waals surface area contributed by atoms with E-state index in [1.165, 1.54) is 40.7 Å². The number of thioether (sulfide) groups is 1. The van der Waals surface area contributed by atoms with Gasteiger partial charge in [0.1, 0.15) is 10.4 Å². The van der Waals surface area contributed by atoms with Gasteiger partial charge in [-0.15, -0.1) is 0 Å². The summed E-state index contributed by atoms with van der Waals surface area (Å²) in [5.74, 6) is 0.124. The van der Waals surface area contributed by atoms with Crippen molar-refractivity contribution in [2.45, 2.75) is 24.5 Å². The van der Waals surface area contributed by atoms with Crippen molar-refractivity contribution in [3.8, 4) is 5.69 Å². The average Bonchev–Trinajstić information content (AvgIpc) is 3.40. The van der Waals surface area contributed by atoms with E-state index in [-0.39, 0.29) is 34.3 Å². The lowest BCUT2D eigenvalue weighted by Crippen LogP contribution is -2.27. The molecule has 1 aliphatic heterocycles. The number of nitrogens with one attached hydrogen (secondary N) is 1. The van der Waals surface area contributed by atoms with Crippen LogP contribution in [-0.2, 0) is 4.79 Å². The smallest absolute Gasteiger partial charge is 0.289 e. The van der Waals surface area contributed by atoms with Crippen LogP contribution in [0.4, 0.5) is 11.4 Å². The van der Waals surface area contributed by atoms with Gasteiger partial charge < -0.3 is 5.32 Å². The molecule has 1 aliphatic rings. The Morgan fingerprint density at radius 1 is 1.29 bits per heavy atom. The third-order valence-corrected chi connectivity index (χ3v) is 6.91. The molecule has 0 fully saturated rings. The summed E-state index contributed by atoms with van der Waals surface area (Å²) in [6, 6.07) is 11.4. The highest BCUT2D eigenvalue weighted by Crippen LogP contribution is 2.34. The summed E-state index contributed by atoms with van der Waals surface area (Å²) in [4.78, 5) is 41.0. The van der Waals surface area contributed by atoms with Gasteiger partial charge in [0, 0.05) is 23.9 Å². The first kappa shape index (κ1) is 22.1. The third kappa shape index (κ3) is 3.93. The van der Waals surface area contributed by atoms with E-state index >= 15 is 0 Å². The van der Waals surface area contributed by atoms with Gasteiger partial charge in [0.2, 0.25) is 5.91 Å².